The Kier molecular flexibility index (Phi) is 2.68. The molecule has 0 saturated heterocycles. The first-order chi connectivity index (χ1) is 7.10. The van der Waals surface area contributed by atoms with Crippen LogP contribution in [0.25, 0.3) is 0 Å². The van der Waals surface area contributed by atoms with Gasteiger partial charge in [-0.1, -0.05) is 48.4 Å². The van der Waals surface area contributed by atoms with Gasteiger partial charge in [0.15, 0.2) is 0 Å². The Labute approximate surface area is 93.0 Å². The van der Waals surface area contributed by atoms with Gasteiger partial charge in [-0.25, -0.2) is 0 Å². The van der Waals surface area contributed by atoms with Gasteiger partial charge in [0, 0.05) is 0 Å². The Morgan fingerprint density at radius 3 is 2.27 bits per heavy atom. The van der Waals surface area contributed by atoms with Gasteiger partial charge >= 0.3 is 0 Å². The molecule has 0 saturated carbocycles. The summed E-state index contributed by atoms with van der Waals surface area (Å²) >= 11 is 0. The zero-order valence-electron chi connectivity index (χ0n) is 10.0. The largest absolute Gasteiger partial charge is 0.0847 e. The molecule has 0 aromatic heterocycles. The van der Waals surface area contributed by atoms with Crippen molar-refractivity contribution in [3.63, 3.8) is 0 Å². The van der Waals surface area contributed by atoms with Crippen molar-refractivity contribution < 1.29 is 0 Å². The molecule has 1 aliphatic rings. The van der Waals surface area contributed by atoms with Crippen LogP contribution in [0.3, 0.4) is 0 Å². The van der Waals surface area contributed by atoms with Gasteiger partial charge in [0.2, 0.25) is 0 Å². The first-order valence-electron chi connectivity index (χ1n) is 5.83. The Hall–Kier alpha value is -1.04. The minimum atomic E-state index is 0.368. The van der Waals surface area contributed by atoms with E-state index in [9.17, 15) is 0 Å². The van der Waals surface area contributed by atoms with Crippen molar-refractivity contribution >= 4 is 0 Å². The second-order valence-electron chi connectivity index (χ2n) is 5.18. The van der Waals surface area contributed by atoms with Crippen LogP contribution >= 0.6 is 0 Å². The lowest BCUT2D eigenvalue weighted by Crippen LogP contribution is -2.23. The first-order valence-corrected chi connectivity index (χ1v) is 5.83. The molecule has 0 heterocycles. The van der Waals surface area contributed by atoms with Crippen LogP contribution in [0.5, 0.6) is 0 Å². The van der Waals surface area contributed by atoms with E-state index in [0.29, 0.717) is 5.41 Å². The lowest BCUT2D eigenvalue weighted by molar-refractivity contribution is 0.419. The standard InChI is InChI=1S/C15H20/c1-12-4-6-14(7-5-12)15(3)10-8-13(2)9-11-15/h4-8H,9-11H2,1-3H3/t15-/m0/s1. The SMILES string of the molecule is CC1=CC[C@](C)(c2ccc(C)cc2)CC1. The summed E-state index contributed by atoms with van der Waals surface area (Å²) in [5.74, 6) is 0. The van der Waals surface area contributed by atoms with E-state index in [0.717, 1.165) is 0 Å². The number of benzene rings is 1. The molecule has 0 fully saturated rings. The number of allylic oxidation sites excluding steroid dienone is 2. The molecule has 0 spiro atoms. The summed E-state index contributed by atoms with van der Waals surface area (Å²) < 4.78 is 0. The molecule has 15 heavy (non-hydrogen) atoms. The first kappa shape index (κ1) is 10.5. The van der Waals surface area contributed by atoms with Gasteiger partial charge in [0.1, 0.15) is 0 Å². The van der Waals surface area contributed by atoms with Gasteiger partial charge in [-0.05, 0) is 44.1 Å². The van der Waals surface area contributed by atoms with E-state index in [4.69, 9.17) is 0 Å². The number of hydrogen-bond donors (Lipinski definition) is 0. The van der Waals surface area contributed by atoms with Crippen molar-refractivity contribution in [1.29, 1.82) is 0 Å². The summed E-state index contributed by atoms with van der Waals surface area (Å²) in [6, 6.07) is 9.05. The van der Waals surface area contributed by atoms with Gasteiger partial charge < -0.3 is 0 Å². The van der Waals surface area contributed by atoms with Crippen LogP contribution in [0.1, 0.15) is 44.2 Å². The molecular weight excluding hydrogens is 180 g/mol. The van der Waals surface area contributed by atoms with Crippen molar-refractivity contribution in [1.82, 2.24) is 0 Å². The van der Waals surface area contributed by atoms with E-state index in [1.807, 2.05) is 0 Å². The summed E-state index contributed by atoms with van der Waals surface area (Å²) in [5.41, 5.74) is 4.77. The van der Waals surface area contributed by atoms with Crippen LogP contribution in [0.2, 0.25) is 0 Å². The van der Waals surface area contributed by atoms with Gasteiger partial charge in [0.25, 0.3) is 0 Å². The van der Waals surface area contributed by atoms with Crippen molar-refractivity contribution in [2.45, 2.75) is 45.4 Å². The smallest absolute Gasteiger partial charge is 0.00377 e. The molecule has 0 aliphatic heterocycles. The second kappa shape index (κ2) is 3.84. The molecule has 1 aromatic rings. The number of hydrogen-bond acceptors (Lipinski definition) is 0. The fourth-order valence-electron chi connectivity index (χ4n) is 2.29. The Morgan fingerprint density at radius 1 is 1.07 bits per heavy atom. The molecule has 0 radical (unpaired) electrons. The van der Waals surface area contributed by atoms with Crippen LogP contribution < -0.4 is 0 Å². The lowest BCUT2D eigenvalue weighted by atomic mass is 9.72. The molecule has 0 heteroatoms. The van der Waals surface area contributed by atoms with Gasteiger partial charge in [-0.15, -0.1) is 0 Å². The van der Waals surface area contributed by atoms with E-state index in [1.54, 1.807) is 5.57 Å². The van der Waals surface area contributed by atoms with Crippen LogP contribution in [-0.2, 0) is 5.41 Å². The topological polar surface area (TPSA) is 0 Å². The molecule has 1 aromatic carbocycles. The van der Waals surface area contributed by atoms with E-state index < -0.39 is 0 Å². The molecule has 1 atom stereocenters. The highest BCUT2D eigenvalue weighted by Gasteiger charge is 2.27. The van der Waals surface area contributed by atoms with Crippen molar-refractivity contribution in [3.8, 4) is 0 Å². The molecule has 1 aliphatic carbocycles. The average Bonchev–Trinajstić information content (AvgIpc) is 2.24. The third-order valence-corrected chi connectivity index (χ3v) is 3.72. The summed E-state index contributed by atoms with van der Waals surface area (Å²) in [6.07, 6.45) is 6.15. The fourth-order valence-corrected chi connectivity index (χ4v) is 2.29. The molecule has 0 amide bonds. The Morgan fingerprint density at radius 2 is 1.73 bits per heavy atom. The van der Waals surface area contributed by atoms with Crippen LogP contribution in [-0.4, -0.2) is 0 Å². The average molecular weight is 200 g/mol. The van der Waals surface area contributed by atoms with E-state index >= 15 is 0 Å². The predicted molar refractivity (Wildman–Crippen MR) is 66.1 cm³/mol. The minimum Gasteiger partial charge on any atom is -0.0847 e. The normalized spacial score (nSPS) is 26.2. The monoisotopic (exact) mass is 200 g/mol. The molecule has 0 N–H and O–H groups in total. The Balaban J connectivity index is 2.27. The maximum absolute atomic E-state index is 2.41. The third-order valence-electron chi connectivity index (χ3n) is 3.72. The van der Waals surface area contributed by atoms with Crippen molar-refractivity contribution in [2.24, 2.45) is 0 Å². The summed E-state index contributed by atoms with van der Waals surface area (Å²) in [5, 5.41) is 0. The van der Waals surface area contributed by atoms with E-state index in [2.05, 4.69) is 51.1 Å². The van der Waals surface area contributed by atoms with E-state index in [1.165, 1.54) is 30.4 Å². The zero-order valence-corrected chi connectivity index (χ0v) is 10.0. The lowest BCUT2D eigenvalue weighted by Gasteiger charge is -2.33. The maximum atomic E-state index is 2.41. The van der Waals surface area contributed by atoms with Gasteiger partial charge in [-0.3, -0.25) is 0 Å². The highest BCUT2D eigenvalue weighted by molar-refractivity contribution is 5.30. The predicted octanol–water partition coefficient (Wildman–Crippen LogP) is 4.38. The number of aryl methyl sites for hydroxylation is 1. The minimum absolute atomic E-state index is 0.368. The molecule has 0 nitrogen and oxygen atoms in total. The summed E-state index contributed by atoms with van der Waals surface area (Å²) in [4.78, 5) is 0. The van der Waals surface area contributed by atoms with Gasteiger partial charge in [-0.2, -0.15) is 0 Å². The fraction of sp³-hybridized carbons (Fsp3) is 0.467. The summed E-state index contributed by atoms with van der Waals surface area (Å²) in [7, 11) is 0. The van der Waals surface area contributed by atoms with Crippen molar-refractivity contribution in [3.05, 3.63) is 47.0 Å². The molecule has 80 valence electrons. The molecular formula is C15H20. The zero-order chi connectivity index (χ0) is 10.9. The third kappa shape index (κ3) is 2.14. The maximum Gasteiger partial charge on any atom is -0.00377 e. The van der Waals surface area contributed by atoms with Crippen LogP contribution in [0.4, 0.5) is 0 Å². The second-order valence-corrected chi connectivity index (χ2v) is 5.18. The molecule has 2 rings (SSSR count). The quantitative estimate of drug-likeness (QED) is 0.590. The highest BCUT2D eigenvalue weighted by Crippen LogP contribution is 2.38. The Bertz CT molecular complexity index is 370. The number of rotatable bonds is 1. The van der Waals surface area contributed by atoms with Crippen LogP contribution in [0, 0.1) is 6.92 Å². The highest BCUT2D eigenvalue weighted by atomic mass is 14.3. The van der Waals surface area contributed by atoms with Crippen LogP contribution in [0.15, 0.2) is 35.9 Å². The molecule has 0 unspecified atom stereocenters. The van der Waals surface area contributed by atoms with Gasteiger partial charge in [0.05, 0.1) is 0 Å². The van der Waals surface area contributed by atoms with Crippen molar-refractivity contribution in [2.75, 3.05) is 0 Å². The summed E-state index contributed by atoms with van der Waals surface area (Å²) in [6.45, 7) is 6.78. The van der Waals surface area contributed by atoms with E-state index in [-0.39, 0.29) is 0 Å². The molecule has 0 bridgehead atoms.